The molecule has 0 saturated heterocycles. The van der Waals surface area contributed by atoms with Gasteiger partial charge in [0.05, 0.1) is 10.6 Å². The summed E-state index contributed by atoms with van der Waals surface area (Å²) < 4.78 is 27.2. The number of amides is 1. The molecule has 0 aliphatic heterocycles. The molecule has 0 bridgehead atoms. The smallest absolute Gasteiger partial charge is 0.268 e. The van der Waals surface area contributed by atoms with Crippen LogP contribution in [0.5, 0.6) is 0 Å². The lowest BCUT2D eigenvalue weighted by molar-refractivity contribution is -0.113. The first kappa shape index (κ1) is 19.9. The minimum absolute atomic E-state index is 0.0476. The second kappa shape index (κ2) is 8.42. The fraction of sp³-hybridized carbons (Fsp3) is 0.0455. The molecule has 0 aromatic heterocycles. The van der Waals surface area contributed by atoms with Crippen LogP contribution < -0.4 is 4.31 Å². The zero-order chi connectivity index (χ0) is 20.1. The zero-order valence-electron chi connectivity index (χ0n) is 15.1. The van der Waals surface area contributed by atoms with Crippen LogP contribution in [0.2, 0.25) is 5.02 Å². The van der Waals surface area contributed by atoms with Crippen molar-refractivity contribution in [3.8, 4) is 0 Å². The minimum atomic E-state index is -4.08. The van der Waals surface area contributed by atoms with Crippen molar-refractivity contribution in [2.24, 2.45) is 0 Å². The van der Waals surface area contributed by atoms with Crippen molar-refractivity contribution < 1.29 is 13.2 Å². The maximum Gasteiger partial charge on any atom is 0.271 e. The fourth-order valence-electron chi connectivity index (χ4n) is 2.61. The number of rotatable bonds is 5. The van der Waals surface area contributed by atoms with Crippen LogP contribution in [0.3, 0.4) is 0 Å². The molecule has 1 amide bonds. The lowest BCUT2D eigenvalue weighted by Crippen LogP contribution is -2.35. The highest BCUT2D eigenvalue weighted by Gasteiger charge is 2.29. The highest BCUT2D eigenvalue weighted by atomic mass is 35.5. The van der Waals surface area contributed by atoms with Gasteiger partial charge >= 0.3 is 0 Å². The Morgan fingerprint density at radius 2 is 1.61 bits per heavy atom. The Hall–Kier alpha value is -2.89. The highest BCUT2D eigenvalue weighted by Crippen LogP contribution is 2.24. The molecule has 142 valence electrons. The van der Waals surface area contributed by atoms with Gasteiger partial charge in [0.1, 0.15) is 0 Å². The Morgan fingerprint density at radius 3 is 2.25 bits per heavy atom. The van der Waals surface area contributed by atoms with E-state index in [1.165, 1.54) is 24.3 Å². The van der Waals surface area contributed by atoms with Crippen molar-refractivity contribution in [3.63, 3.8) is 0 Å². The van der Waals surface area contributed by atoms with E-state index in [1.807, 2.05) is 6.92 Å². The monoisotopic (exact) mass is 411 g/mol. The van der Waals surface area contributed by atoms with Crippen LogP contribution in [-0.2, 0) is 14.8 Å². The van der Waals surface area contributed by atoms with Gasteiger partial charge < -0.3 is 0 Å². The van der Waals surface area contributed by atoms with E-state index in [9.17, 15) is 13.2 Å². The average molecular weight is 412 g/mol. The summed E-state index contributed by atoms with van der Waals surface area (Å²) in [6.45, 7) is 1.87. The molecule has 3 aromatic rings. The summed E-state index contributed by atoms with van der Waals surface area (Å²) in [6.07, 6.45) is 2.76. The molecule has 6 heteroatoms. The van der Waals surface area contributed by atoms with E-state index in [2.05, 4.69) is 0 Å². The number of hydrogen-bond acceptors (Lipinski definition) is 3. The van der Waals surface area contributed by atoms with Gasteiger partial charge in [0.25, 0.3) is 15.9 Å². The summed E-state index contributed by atoms with van der Waals surface area (Å²) in [7, 11) is -4.08. The Labute approximate surface area is 169 Å². The second-order valence-electron chi connectivity index (χ2n) is 6.14. The standard InChI is InChI=1S/C22H18ClNO3S/c1-17-10-13-21(14-11-17)28(26,27)24(20-8-3-2-4-9-20)22(25)15-12-18-6-5-7-19(23)16-18/h2-16H,1H3/b15-12+. The minimum Gasteiger partial charge on any atom is -0.268 e. The number of carbonyl (C=O) groups is 1. The molecule has 0 aliphatic rings. The summed E-state index contributed by atoms with van der Waals surface area (Å²) in [4.78, 5) is 13.0. The van der Waals surface area contributed by atoms with Gasteiger partial charge in [-0.3, -0.25) is 4.79 Å². The summed E-state index contributed by atoms with van der Waals surface area (Å²) in [5.41, 5.74) is 1.89. The van der Waals surface area contributed by atoms with E-state index in [4.69, 9.17) is 11.6 Å². The molecule has 3 rings (SSSR count). The van der Waals surface area contributed by atoms with Crippen molar-refractivity contribution in [1.29, 1.82) is 0 Å². The number of halogens is 1. The molecule has 4 nitrogen and oxygen atoms in total. The number of carbonyl (C=O) groups excluding carboxylic acids is 1. The third-order valence-corrected chi connectivity index (χ3v) is 5.99. The van der Waals surface area contributed by atoms with Gasteiger partial charge in [0.2, 0.25) is 0 Å². The molecule has 0 unspecified atom stereocenters. The maximum atomic E-state index is 13.2. The topological polar surface area (TPSA) is 54.5 Å². The van der Waals surface area contributed by atoms with Crippen LogP contribution in [0, 0.1) is 6.92 Å². The predicted octanol–water partition coefficient (Wildman–Crippen LogP) is 5.08. The third-order valence-electron chi connectivity index (χ3n) is 4.02. The number of aryl methyl sites for hydroxylation is 1. The van der Waals surface area contributed by atoms with Gasteiger partial charge in [0.15, 0.2) is 0 Å². The number of anilines is 1. The summed E-state index contributed by atoms with van der Waals surface area (Å²) >= 11 is 5.96. The number of nitrogens with zero attached hydrogens (tertiary/aromatic N) is 1. The Kier molecular flexibility index (Phi) is 5.97. The number of sulfonamides is 1. The lowest BCUT2D eigenvalue weighted by Gasteiger charge is -2.21. The van der Waals surface area contributed by atoms with Gasteiger partial charge in [-0.1, -0.05) is 59.6 Å². The zero-order valence-corrected chi connectivity index (χ0v) is 16.7. The first-order valence-corrected chi connectivity index (χ1v) is 10.3. The molecule has 0 saturated carbocycles. The summed E-state index contributed by atoms with van der Waals surface area (Å²) in [6, 6.07) is 21.6. The van der Waals surface area contributed by atoms with E-state index in [0.29, 0.717) is 10.6 Å². The second-order valence-corrected chi connectivity index (χ2v) is 8.37. The van der Waals surface area contributed by atoms with E-state index in [1.54, 1.807) is 66.7 Å². The molecular weight excluding hydrogens is 394 g/mol. The molecule has 0 heterocycles. The summed E-state index contributed by atoms with van der Waals surface area (Å²) in [5.74, 6) is -0.674. The van der Waals surface area contributed by atoms with Gasteiger partial charge in [-0.25, -0.2) is 8.42 Å². The van der Waals surface area contributed by atoms with Crippen LogP contribution in [-0.4, -0.2) is 14.3 Å². The Bertz CT molecular complexity index is 1110. The Morgan fingerprint density at radius 1 is 0.929 bits per heavy atom. The van der Waals surface area contributed by atoms with E-state index in [0.717, 1.165) is 9.87 Å². The van der Waals surface area contributed by atoms with E-state index < -0.39 is 15.9 Å². The molecule has 0 radical (unpaired) electrons. The van der Waals surface area contributed by atoms with Crippen LogP contribution in [0.1, 0.15) is 11.1 Å². The average Bonchev–Trinajstić information content (AvgIpc) is 2.67. The van der Waals surface area contributed by atoms with Crippen molar-refractivity contribution in [2.45, 2.75) is 11.8 Å². The molecule has 0 spiro atoms. The third kappa shape index (κ3) is 4.50. The molecular formula is C22H18ClNO3S. The maximum absolute atomic E-state index is 13.2. The first-order valence-electron chi connectivity index (χ1n) is 8.52. The van der Waals surface area contributed by atoms with Crippen molar-refractivity contribution in [1.82, 2.24) is 0 Å². The Balaban J connectivity index is 2.02. The van der Waals surface area contributed by atoms with Crippen molar-refractivity contribution in [3.05, 3.63) is 101 Å². The van der Waals surface area contributed by atoms with Crippen LogP contribution in [0.4, 0.5) is 5.69 Å². The van der Waals surface area contributed by atoms with Gasteiger partial charge in [-0.05, 0) is 55.0 Å². The molecule has 0 N–H and O–H groups in total. The number of para-hydroxylation sites is 1. The van der Waals surface area contributed by atoms with Crippen LogP contribution in [0.25, 0.3) is 6.08 Å². The van der Waals surface area contributed by atoms with E-state index in [-0.39, 0.29) is 10.6 Å². The highest BCUT2D eigenvalue weighted by molar-refractivity contribution is 7.93. The van der Waals surface area contributed by atoms with Crippen LogP contribution >= 0.6 is 11.6 Å². The molecule has 0 fully saturated rings. The molecule has 0 atom stereocenters. The normalized spacial score (nSPS) is 11.5. The van der Waals surface area contributed by atoms with Gasteiger partial charge in [-0.2, -0.15) is 4.31 Å². The molecule has 0 aliphatic carbocycles. The van der Waals surface area contributed by atoms with Crippen molar-refractivity contribution >= 4 is 39.3 Å². The van der Waals surface area contributed by atoms with Gasteiger partial charge in [0, 0.05) is 11.1 Å². The van der Waals surface area contributed by atoms with E-state index >= 15 is 0 Å². The predicted molar refractivity (Wildman–Crippen MR) is 113 cm³/mol. The van der Waals surface area contributed by atoms with Crippen molar-refractivity contribution in [2.75, 3.05) is 4.31 Å². The molecule has 28 heavy (non-hydrogen) atoms. The number of benzene rings is 3. The van der Waals surface area contributed by atoms with Crippen LogP contribution in [0.15, 0.2) is 89.8 Å². The van der Waals surface area contributed by atoms with Gasteiger partial charge in [-0.15, -0.1) is 0 Å². The number of hydrogen-bond donors (Lipinski definition) is 0. The fourth-order valence-corrected chi connectivity index (χ4v) is 4.20. The largest absolute Gasteiger partial charge is 0.271 e. The summed E-state index contributed by atoms with van der Waals surface area (Å²) in [5, 5.41) is 0.529. The first-order chi connectivity index (χ1) is 13.4. The molecule has 3 aromatic carbocycles. The quantitative estimate of drug-likeness (QED) is 0.550. The SMILES string of the molecule is Cc1ccc(S(=O)(=O)N(C(=O)/C=C/c2cccc(Cl)c2)c2ccccc2)cc1. The lowest BCUT2D eigenvalue weighted by atomic mass is 10.2.